The second-order valence-corrected chi connectivity index (χ2v) is 15.8. The predicted octanol–water partition coefficient (Wildman–Crippen LogP) is 5.48. The van der Waals surface area contributed by atoms with Crippen molar-refractivity contribution in [2.24, 2.45) is 11.8 Å². The number of carboxylic acid groups (broad SMARTS) is 1. The first kappa shape index (κ1) is 38.8. The van der Waals surface area contributed by atoms with Crippen LogP contribution in [0.25, 0.3) is 0 Å². The highest BCUT2D eigenvalue weighted by Gasteiger charge is 2.31. The molecule has 0 atom stereocenters. The van der Waals surface area contributed by atoms with Crippen LogP contribution in [0.4, 0.5) is 11.4 Å². The van der Waals surface area contributed by atoms with Crippen molar-refractivity contribution in [3.63, 3.8) is 0 Å². The number of carboxylic acids is 1. The maximum atomic E-state index is 12.6. The lowest BCUT2D eigenvalue weighted by Gasteiger charge is -2.27. The van der Waals surface area contributed by atoms with Gasteiger partial charge in [-0.2, -0.15) is 0 Å². The first-order valence-corrected chi connectivity index (χ1v) is 19.3. The fourth-order valence-corrected chi connectivity index (χ4v) is 8.67. The molecule has 2 aromatic carbocycles. The molecular weight excluding hydrogens is 691 g/mol. The Balaban J connectivity index is 0.000000256. The maximum absolute atomic E-state index is 12.6. The van der Waals surface area contributed by atoms with Crippen molar-refractivity contribution in [1.82, 2.24) is 9.44 Å². The highest BCUT2D eigenvalue weighted by molar-refractivity contribution is 7.89. The third-order valence-corrected chi connectivity index (χ3v) is 11.9. The lowest BCUT2D eigenvalue weighted by Crippen LogP contribution is -2.38. The number of halogens is 2. The predicted molar refractivity (Wildman–Crippen MR) is 183 cm³/mol. The topological polar surface area (TPSA) is 180 Å². The second kappa shape index (κ2) is 17.7. The number of anilines is 2. The Hall–Kier alpha value is -2.62. The summed E-state index contributed by atoms with van der Waals surface area (Å²) < 4.78 is 60.2. The third-order valence-electron chi connectivity index (χ3n) is 8.21. The van der Waals surface area contributed by atoms with E-state index < -0.39 is 26.0 Å². The number of esters is 1. The summed E-state index contributed by atoms with van der Waals surface area (Å²) >= 11 is 12.1. The molecule has 0 radical (unpaired) electrons. The molecule has 0 saturated heterocycles. The number of benzene rings is 2. The van der Waals surface area contributed by atoms with Crippen LogP contribution in [0.2, 0.25) is 10.0 Å². The molecule has 12 nitrogen and oxygen atoms in total. The molecule has 2 aliphatic rings. The van der Waals surface area contributed by atoms with E-state index in [4.69, 9.17) is 33.0 Å². The summed E-state index contributed by atoms with van der Waals surface area (Å²) in [5.41, 5.74) is 1.17. The highest BCUT2D eigenvalue weighted by atomic mass is 35.5. The summed E-state index contributed by atoms with van der Waals surface area (Å²) in [5.74, 6) is -1.53. The molecule has 5 N–H and O–H groups in total. The fourth-order valence-electron chi connectivity index (χ4n) is 5.64. The van der Waals surface area contributed by atoms with Gasteiger partial charge < -0.3 is 20.5 Å². The first-order chi connectivity index (χ1) is 22.2. The van der Waals surface area contributed by atoms with Crippen LogP contribution in [0.15, 0.2) is 46.2 Å². The number of methoxy groups -OCH3 is 1. The SMILES string of the molecule is CCNc1cc(S(=O)(=O)NC2CCC(C(=O)O)CC2)ccc1Cl.CCNc1cc(S(=O)(=O)NC2CCC(C(=O)OC)CC2)ccc1Cl. The fraction of sp³-hybridized carbons (Fsp3) is 0.548. The van der Waals surface area contributed by atoms with Crippen molar-refractivity contribution in [2.75, 3.05) is 30.8 Å². The van der Waals surface area contributed by atoms with Crippen molar-refractivity contribution in [3.05, 3.63) is 46.4 Å². The van der Waals surface area contributed by atoms with Gasteiger partial charge in [0.05, 0.1) is 50.2 Å². The third kappa shape index (κ3) is 11.2. The maximum Gasteiger partial charge on any atom is 0.308 e. The number of ether oxygens (including phenoxy) is 1. The van der Waals surface area contributed by atoms with Gasteiger partial charge in [0.15, 0.2) is 0 Å². The van der Waals surface area contributed by atoms with Gasteiger partial charge in [-0.05, 0) is 102 Å². The van der Waals surface area contributed by atoms with E-state index >= 15 is 0 Å². The van der Waals surface area contributed by atoms with E-state index in [-0.39, 0.29) is 39.7 Å². The largest absolute Gasteiger partial charge is 0.481 e. The highest BCUT2D eigenvalue weighted by Crippen LogP contribution is 2.30. The number of sulfonamides is 2. The van der Waals surface area contributed by atoms with Crippen molar-refractivity contribution in [2.45, 2.75) is 87.1 Å². The van der Waals surface area contributed by atoms with Crippen molar-refractivity contribution in [1.29, 1.82) is 0 Å². The molecule has 4 rings (SSSR count). The molecule has 0 aliphatic heterocycles. The van der Waals surface area contributed by atoms with Gasteiger partial charge in [0.1, 0.15) is 0 Å². The van der Waals surface area contributed by atoms with Gasteiger partial charge >= 0.3 is 11.9 Å². The molecule has 0 unspecified atom stereocenters. The Kier molecular flexibility index (Phi) is 14.6. The standard InChI is InChI=1S/C16H23ClN2O4S.C15H21ClN2O4S/c1-3-18-15-10-13(8-9-14(15)17)24(21,22)19-12-6-4-11(5-7-12)16(20)23-2;1-2-17-14-9-12(7-8-13(14)16)23(21,22)18-11-5-3-10(4-6-11)15(19)20/h8-12,18-19H,3-7H2,1-2H3;7-11,17-18H,2-6H2,1H3,(H,19,20). The number of hydrogen-bond acceptors (Lipinski definition) is 9. The molecule has 47 heavy (non-hydrogen) atoms. The second-order valence-electron chi connectivity index (χ2n) is 11.5. The Labute approximate surface area is 287 Å². The Morgan fingerprint density at radius 1 is 0.723 bits per heavy atom. The van der Waals surface area contributed by atoms with Crippen LogP contribution in [0.5, 0.6) is 0 Å². The van der Waals surface area contributed by atoms with Gasteiger partial charge in [-0.1, -0.05) is 23.2 Å². The van der Waals surface area contributed by atoms with Crippen molar-refractivity contribution >= 4 is 66.6 Å². The number of carbonyl (C=O) groups is 2. The van der Waals surface area contributed by atoms with E-state index in [1.807, 2.05) is 13.8 Å². The van der Waals surface area contributed by atoms with Gasteiger partial charge in [-0.15, -0.1) is 0 Å². The average molecular weight is 736 g/mol. The van der Waals surface area contributed by atoms with E-state index in [2.05, 4.69) is 20.1 Å². The molecule has 0 bridgehead atoms. The summed E-state index contributed by atoms with van der Waals surface area (Å²) in [7, 11) is -5.90. The minimum atomic E-state index is -3.65. The molecule has 0 amide bonds. The minimum absolute atomic E-state index is 0.133. The zero-order chi connectivity index (χ0) is 34.8. The first-order valence-electron chi connectivity index (χ1n) is 15.6. The van der Waals surface area contributed by atoms with E-state index in [1.165, 1.54) is 31.4 Å². The van der Waals surface area contributed by atoms with E-state index in [0.29, 0.717) is 85.9 Å². The molecular formula is C31H44Cl2N4O8S2. The number of rotatable bonds is 12. The Morgan fingerprint density at radius 2 is 1.11 bits per heavy atom. The van der Waals surface area contributed by atoms with E-state index in [9.17, 15) is 26.4 Å². The summed E-state index contributed by atoms with van der Waals surface area (Å²) in [5, 5.41) is 16.0. The van der Waals surface area contributed by atoms with Crippen LogP contribution in [0.3, 0.4) is 0 Å². The molecule has 262 valence electrons. The van der Waals surface area contributed by atoms with Gasteiger partial charge in [0, 0.05) is 25.2 Å². The number of carbonyl (C=O) groups excluding carboxylic acids is 1. The summed E-state index contributed by atoms with van der Waals surface area (Å²) in [6.07, 6.45) is 4.54. The van der Waals surface area contributed by atoms with Crippen molar-refractivity contribution < 1.29 is 36.3 Å². The summed E-state index contributed by atoms with van der Waals surface area (Å²) in [4.78, 5) is 22.8. The molecule has 16 heteroatoms. The molecule has 0 spiro atoms. The summed E-state index contributed by atoms with van der Waals surface area (Å²) in [6, 6.07) is 8.73. The average Bonchev–Trinajstić information content (AvgIpc) is 3.03. The smallest absolute Gasteiger partial charge is 0.308 e. The van der Waals surface area contributed by atoms with E-state index in [1.54, 1.807) is 12.1 Å². The van der Waals surface area contributed by atoms with Crippen molar-refractivity contribution in [3.8, 4) is 0 Å². The van der Waals surface area contributed by atoms with Crippen LogP contribution in [0.1, 0.15) is 65.2 Å². The quantitative estimate of drug-likeness (QED) is 0.175. The normalized spacial score (nSPS) is 21.6. The minimum Gasteiger partial charge on any atom is -0.481 e. The molecule has 0 heterocycles. The number of hydrogen-bond donors (Lipinski definition) is 5. The van der Waals surface area contributed by atoms with Crippen LogP contribution < -0.4 is 20.1 Å². The summed E-state index contributed by atoms with van der Waals surface area (Å²) in [6.45, 7) is 5.09. The monoisotopic (exact) mass is 734 g/mol. The van der Waals surface area contributed by atoms with Crippen LogP contribution >= 0.6 is 23.2 Å². The zero-order valence-electron chi connectivity index (χ0n) is 26.7. The van der Waals surface area contributed by atoms with Gasteiger partial charge in [0.25, 0.3) is 0 Å². The van der Waals surface area contributed by atoms with Gasteiger partial charge in [-0.3, -0.25) is 9.59 Å². The molecule has 2 aromatic rings. The lowest BCUT2D eigenvalue weighted by molar-refractivity contribution is -0.146. The zero-order valence-corrected chi connectivity index (χ0v) is 29.9. The van der Waals surface area contributed by atoms with Gasteiger partial charge in [0.2, 0.25) is 20.0 Å². The van der Waals surface area contributed by atoms with Crippen LogP contribution in [-0.4, -0.2) is 66.2 Å². The van der Waals surface area contributed by atoms with Gasteiger partial charge in [-0.25, -0.2) is 26.3 Å². The number of aliphatic carboxylic acids is 1. The Bertz CT molecular complexity index is 1590. The van der Waals surface area contributed by atoms with Crippen LogP contribution in [0, 0.1) is 11.8 Å². The molecule has 2 saturated carbocycles. The molecule has 2 aliphatic carbocycles. The lowest BCUT2D eigenvalue weighted by atomic mass is 9.86. The Morgan fingerprint density at radius 3 is 1.45 bits per heavy atom. The molecule has 2 fully saturated rings. The van der Waals surface area contributed by atoms with Crippen LogP contribution in [-0.2, 0) is 34.4 Å². The number of nitrogens with one attached hydrogen (secondary N) is 4. The molecule has 0 aromatic heterocycles. The van der Waals surface area contributed by atoms with E-state index in [0.717, 1.165) is 0 Å².